The smallest absolute Gasteiger partial charge is 0.0995 e. The monoisotopic (exact) mass is 1140 g/mol. The van der Waals surface area contributed by atoms with Crippen LogP contribution in [-0.2, 0) is 45.2 Å². The second-order valence-electron chi connectivity index (χ2n) is 26.7. The van der Waals surface area contributed by atoms with Crippen LogP contribution in [0.4, 0.5) is 0 Å². The first kappa shape index (κ1) is 59.7. The summed E-state index contributed by atoms with van der Waals surface area (Å²) in [5.41, 5.74) is 14.9. The number of nitrogens with zero attached hydrogens (tertiary/aromatic N) is 6. The molecule has 0 amide bonds. The predicted molar refractivity (Wildman–Crippen MR) is 361 cm³/mol. The van der Waals surface area contributed by atoms with Crippen LogP contribution in [0.2, 0.25) is 0 Å². The van der Waals surface area contributed by atoms with E-state index in [0.717, 1.165) is 33.4 Å². The Bertz CT molecular complexity index is 3720. The summed E-state index contributed by atoms with van der Waals surface area (Å²) in [7, 11) is 0. The number of hydrogen-bond donors (Lipinski definition) is 0. The molecule has 0 saturated heterocycles. The fourth-order valence-corrected chi connectivity index (χ4v) is 9.08. The zero-order valence-corrected chi connectivity index (χ0v) is 54.4. The Hall–Kier alpha value is -8.42. The van der Waals surface area contributed by atoms with Crippen molar-refractivity contribution in [3.05, 3.63) is 243 Å². The number of rotatable bonds is 4. The van der Waals surface area contributed by atoms with Gasteiger partial charge < -0.3 is 0 Å². The van der Waals surface area contributed by atoms with Crippen molar-refractivity contribution in [1.29, 1.82) is 15.8 Å². The van der Waals surface area contributed by atoms with Gasteiger partial charge in [-0.25, -0.2) is 0 Å². The van der Waals surface area contributed by atoms with Crippen molar-refractivity contribution < 1.29 is 9.60 Å². The van der Waals surface area contributed by atoms with Gasteiger partial charge in [0.15, 0.2) is 0 Å². The minimum absolute atomic E-state index is 0.0410. The number of pyridine rings is 3. The molecule has 0 saturated carbocycles. The molecule has 0 atom stereocenters. The summed E-state index contributed by atoms with van der Waals surface area (Å²) in [6.45, 7) is 38.6. The second kappa shape index (κ2) is 31.5. The second-order valence-corrected chi connectivity index (χ2v) is 26.7. The molecule has 0 unspecified atom stereocenters. The number of aryl methyl sites for hydroxylation is 3. The van der Waals surface area contributed by atoms with Crippen LogP contribution in [0.15, 0.2) is 170 Å². The van der Waals surface area contributed by atoms with Crippen LogP contribution in [0.3, 0.4) is 0 Å². The summed E-state index contributed by atoms with van der Waals surface area (Å²) in [6.07, 6.45) is 8.00. The van der Waals surface area contributed by atoms with Gasteiger partial charge in [0, 0.05) is 62.0 Å². The molecule has 6 nitrogen and oxygen atoms in total. The lowest BCUT2D eigenvalue weighted by atomic mass is 9.78. The van der Waals surface area contributed by atoms with Crippen molar-refractivity contribution in [2.75, 3.05) is 0 Å². The maximum Gasteiger partial charge on any atom is 0.0995 e. The highest BCUT2D eigenvalue weighted by Gasteiger charge is 2.25. The highest BCUT2D eigenvalue weighted by Crippen LogP contribution is 2.39. The zero-order valence-electron chi connectivity index (χ0n) is 61.4. The Kier molecular flexibility index (Phi) is 22.1. The van der Waals surface area contributed by atoms with Crippen molar-refractivity contribution in [2.45, 2.75) is 191 Å². The van der Waals surface area contributed by atoms with E-state index in [-0.39, 0.29) is 43.9 Å². The average molecular weight is 1140 g/mol. The van der Waals surface area contributed by atoms with Gasteiger partial charge in [-0.05, 0) is 145 Å². The molecule has 8 rings (SSSR count). The maximum atomic E-state index is 8.98. The van der Waals surface area contributed by atoms with Gasteiger partial charge in [0.1, 0.15) is 0 Å². The van der Waals surface area contributed by atoms with Crippen molar-refractivity contribution >= 4 is 0 Å². The third-order valence-corrected chi connectivity index (χ3v) is 13.5. The Morgan fingerprint density at radius 2 is 0.929 bits per heavy atom. The molecular weight excluding hydrogens is 1030 g/mol. The molecule has 0 radical (unpaired) electrons. The third-order valence-electron chi connectivity index (χ3n) is 13.5. The normalized spacial score (nSPS) is 12.9. The van der Waals surface area contributed by atoms with Gasteiger partial charge in [0.05, 0.1) is 34.9 Å². The van der Waals surface area contributed by atoms with Crippen LogP contribution in [0, 0.1) is 53.2 Å². The quantitative estimate of drug-likeness (QED) is 0.162. The molecule has 0 aliphatic carbocycles. The highest BCUT2D eigenvalue weighted by atomic mass is 14.7. The van der Waals surface area contributed by atoms with E-state index in [1.807, 2.05) is 99.9 Å². The van der Waals surface area contributed by atoms with Crippen LogP contribution < -0.4 is 0 Å². The van der Waals surface area contributed by atoms with E-state index in [1.165, 1.54) is 51.9 Å². The molecule has 5 aromatic carbocycles. The van der Waals surface area contributed by atoms with Crippen LogP contribution >= 0.6 is 0 Å². The number of benzene rings is 5. The van der Waals surface area contributed by atoms with E-state index >= 15 is 0 Å². The topological polar surface area (TPSA) is 110 Å². The lowest BCUT2D eigenvalue weighted by Crippen LogP contribution is -2.15. The Balaban J connectivity index is 0.000000293. The van der Waals surface area contributed by atoms with Gasteiger partial charge in [-0.1, -0.05) is 248 Å². The highest BCUT2D eigenvalue weighted by molar-refractivity contribution is 5.79. The molecule has 0 N–H and O–H groups in total. The predicted octanol–water partition coefficient (Wildman–Crippen LogP) is 20.5. The fraction of sp³-hybridized carbons (Fsp3) is 0.367. The van der Waals surface area contributed by atoms with Gasteiger partial charge in [0.25, 0.3) is 0 Å². The Labute approximate surface area is 524 Å². The molecule has 3 heterocycles. The van der Waals surface area contributed by atoms with E-state index < -0.39 is 19.6 Å². The number of aromatic nitrogens is 3. The molecule has 0 spiro atoms. The minimum Gasteiger partial charge on any atom is -0.263 e. The summed E-state index contributed by atoms with van der Waals surface area (Å²) in [5, 5.41) is 26.2. The maximum absolute atomic E-state index is 8.98. The molecule has 0 fully saturated rings. The van der Waals surface area contributed by atoms with E-state index in [0.29, 0.717) is 11.3 Å². The molecule has 442 valence electrons. The minimum atomic E-state index is -2.31. The standard InChI is InChI=1S/C21H21N.C13H13N.C12H19N.2C11H13N.C11H17N/c1-21(2,3)20-18(16-10-6-4-7-11-16)14-22-15-19(20)17-12-8-5-9-13-17;1-5-10-7-6-8-11(9-14)12(10)13(2,3)4;1-6-11-10(12(3,4)5)8-7-9(2)13-11;1-11(2,3)10-6-4-9(8-12)5-7-10;1-11(2,3)10-6-4-5-9(7-10)8-12;1-5-10-9(11(2,3)4)7-6-8-12-10/h4-15H,1-3H3;1,6-8H,2-4H3;7-8H,6H2,1-5H3;2*4-7H,1-3H3;6-8H,5H2,1-4H3/i;;2D3,6D2;;;5D2. The number of nitriles is 3. The zero-order chi connectivity index (χ0) is 70.1. The van der Waals surface area contributed by atoms with Gasteiger partial charge >= 0.3 is 0 Å². The first-order valence-electron chi connectivity index (χ1n) is 32.3. The molecule has 3 aromatic heterocycles. The van der Waals surface area contributed by atoms with Crippen LogP contribution in [0.1, 0.15) is 221 Å². The van der Waals surface area contributed by atoms with Crippen LogP contribution in [0.5, 0.6) is 0 Å². The number of terminal acetylenes is 1. The summed E-state index contributed by atoms with van der Waals surface area (Å²) >= 11 is 0. The SMILES string of the molecule is C#Cc1cccc(C#N)c1C(C)(C)C.CC(C)(C)c1c(-c2ccccc2)cncc1-c1ccccc1.CC(C)(C)c1ccc(C#N)cc1.CC(C)(C)c1cccc(C#N)c1.[2H]C([2H])(C)c1ncccc1C(C)(C)C.[2H]C([2H])([2H])c1ccc(C(C)(C)C)c(C([2H])([2H])C)n1. The summed E-state index contributed by atoms with van der Waals surface area (Å²) < 4.78 is 53.1. The lowest BCUT2D eigenvalue weighted by molar-refractivity contribution is 0.578. The Morgan fingerprint density at radius 3 is 1.34 bits per heavy atom. The van der Waals surface area contributed by atoms with Crippen molar-refractivity contribution in [3.8, 4) is 52.8 Å². The summed E-state index contributed by atoms with van der Waals surface area (Å²) in [4.78, 5) is 12.7. The van der Waals surface area contributed by atoms with Crippen LogP contribution in [0.25, 0.3) is 22.3 Å². The average Bonchev–Trinajstić information content (AvgIpc) is 0.798. The molecule has 85 heavy (non-hydrogen) atoms. The van der Waals surface area contributed by atoms with E-state index in [9.17, 15) is 0 Å². The molecule has 0 aliphatic rings. The first-order chi connectivity index (χ1) is 42.2. The third kappa shape index (κ3) is 22.3. The van der Waals surface area contributed by atoms with Crippen molar-refractivity contribution in [3.63, 3.8) is 0 Å². The first-order valence-corrected chi connectivity index (χ1v) is 28.8. The van der Waals surface area contributed by atoms with Crippen molar-refractivity contribution in [1.82, 2.24) is 15.0 Å². The van der Waals surface area contributed by atoms with E-state index in [1.54, 1.807) is 25.3 Å². The molecule has 0 bridgehead atoms. The van der Waals surface area contributed by atoms with Gasteiger partial charge in [-0.15, -0.1) is 6.42 Å². The van der Waals surface area contributed by atoms with Gasteiger partial charge in [-0.3, -0.25) is 15.0 Å². The lowest BCUT2D eigenvalue weighted by Gasteiger charge is -2.26. The van der Waals surface area contributed by atoms with Crippen LogP contribution in [-0.4, -0.2) is 15.0 Å². The molecular formula is C79H96N6. The summed E-state index contributed by atoms with van der Waals surface area (Å²) in [6, 6.07) is 55.4. The van der Waals surface area contributed by atoms with Crippen molar-refractivity contribution in [2.24, 2.45) is 0 Å². The fourth-order valence-electron chi connectivity index (χ4n) is 9.08. The van der Waals surface area contributed by atoms with Gasteiger partial charge in [-0.2, -0.15) is 15.8 Å². The Morgan fingerprint density at radius 1 is 0.447 bits per heavy atom. The summed E-state index contributed by atoms with van der Waals surface area (Å²) in [5.74, 6) is 2.63. The molecule has 6 heteroatoms. The van der Waals surface area contributed by atoms with E-state index in [4.69, 9.17) is 31.8 Å². The molecule has 0 aliphatic heterocycles. The largest absolute Gasteiger partial charge is 0.263 e. The molecule has 8 aromatic rings. The van der Waals surface area contributed by atoms with E-state index in [2.05, 4.69) is 210 Å². The van der Waals surface area contributed by atoms with Gasteiger partial charge in [0.2, 0.25) is 0 Å². The number of hydrogen-bond acceptors (Lipinski definition) is 6.